The van der Waals surface area contributed by atoms with Gasteiger partial charge in [-0.3, -0.25) is 0 Å². The Balaban J connectivity index is 1.95. The van der Waals surface area contributed by atoms with E-state index in [4.69, 9.17) is 10.5 Å². The van der Waals surface area contributed by atoms with Crippen LogP contribution in [0, 0.1) is 0 Å². The van der Waals surface area contributed by atoms with Crippen molar-refractivity contribution in [1.82, 2.24) is 19.9 Å². The maximum absolute atomic E-state index is 14.8. The molecule has 1 amide bonds. The van der Waals surface area contributed by atoms with Crippen LogP contribution in [0.15, 0.2) is 6.20 Å². The zero-order valence-corrected chi connectivity index (χ0v) is 12.7. The number of amides is 1. The molecule has 1 aromatic rings. The van der Waals surface area contributed by atoms with Gasteiger partial charge in [-0.05, 0) is 20.8 Å². The van der Waals surface area contributed by atoms with E-state index in [-0.39, 0.29) is 26.1 Å². The third-order valence-electron chi connectivity index (χ3n) is 3.20. The van der Waals surface area contributed by atoms with Crippen molar-refractivity contribution in [1.29, 1.82) is 0 Å². The highest BCUT2D eigenvalue weighted by molar-refractivity contribution is 5.68. The van der Waals surface area contributed by atoms with Crippen molar-refractivity contribution >= 4 is 6.09 Å². The molecule has 1 saturated heterocycles. The molecule has 1 aliphatic heterocycles. The molecule has 2 rings (SSSR count). The Morgan fingerprint density at radius 1 is 1.57 bits per heavy atom. The van der Waals surface area contributed by atoms with Crippen LogP contribution in [0.1, 0.15) is 32.9 Å². The summed E-state index contributed by atoms with van der Waals surface area (Å²) in [5.74, 6) is 0. The van der Waals surface area contributed by atoms with E-state index < -0.39 is 17.4 Å². The molecular weight excluding hydrogens is 277 g/mol. The molecule has 0 aromatic carbocycles. The van der Waals surface area contributed by atoms with Crippen molar-refractivity contribution in [3.63, 3.8) is 0 Å². The van der Waals surface area contributed by atoms with E-state index in [2.05, 4.69) is 10.3 Å². The fourth-order valence-electron chi connectivity index (χ4n) is 2.25. The highest BCUT2D eigenvalue weighted by Crippen LogP contribution is 2.28. The van der Waals surface area contributed by atoms with Crippen LogP contribution < -0.4 is 5.73 Å². The Morgan fingerprint density at radius 2 is 2.29 bits per heavy atom. The second-order valence-electron chi connectivity index (χ2n) is 6.41. The molecule has 1 aromatic heterocycles. The number of aromatic nitrogens is 3. The highest BCUT2D eigenvalue weighted by atomic mass is 19.1. The summed E-state index contributed by atoms with van der Waals surface area (Å²) < 4.78 is 21.5. The third-order valence-corrected chi connectivity index (χ3v) is 3.20. The SMILES string of the molecule is CC(C)(C)OC(=O)N1CCC(F)(Cn2cc(CN)nn2)C1. The number of ether oxygens (including phenoxy) is 1. The predicted molar refractivity (Wildman–Crippen MR) is 74.2 cm³/mol. The van der Waals surface area contributed by atoms with Gasteiger partial charge in [0.25, 0.3) is 0 Å². The number of carbonyl (C=O) groups excluding carboxylic acids is 1. The molecule has 1 unspecified atom stereocenters. The number of hydrogen-bond acceptors (Lipinski definition) is 5. The third kappa shape index (κ3) is 4.13. The van der Waals surface area contributed by atoms with Crippen LogP contribution in [-0.4, -0.2) is 50.3 Å². The first kappa shape index (κ1) is 15.7. The van der Waals surface area contributed by atoms with Crippen molar-refractivity contribution in [2.75, 3.05) is 13.1 Å². The Morgan fingerprint density at radius 3 is 2.86 bits per heavy atom. The van der Waals surface area contributed by atoms with Gasteiger partial charge < -0.3 is 15.4 Å². The summed E-state index contributed by atoms with van der Waals surface area (Å²) in [6.45, 7) is 6.01. The quantitative estimate of drug-likeness (QED) is 0.902. The number of carbonyl (C=O) groups is 1. The minimum Gasteiger partial charge on any atom is -0.444 e. The van der Waals surface area contributed by atoms with Crippen LogP contribution in [0.25, 0.3) is 0 Å². The van der Waals surface area contributed by atoms with Crippen LogP contribution >= 0.6 is 0 Å². The summed E-state index contributed by atoms with van der Waals surface area (Å²) in [6, 6.07) is 0. The summed E-state index contributed by atoms with van der Waals surface area (Å²) in [6.07, 6.45) is 1.39. The number of rotatable bonds is 3. The zero-order chi connectivity index (χ0) is 15.7. The van der Waals surface area contributed by atoms with Gasteiger partial charge in [-0.2, -0.15) is 0 Å². The fourth-order valence-corrected chi connectivity index (χ4v) is 2.25. The van der Waals surface area contributed by atoms with E-state index in [1.54, 1.807) is 27.0 Å². The van der Waals surface area contributed by atoms with Crippen molar-refractivity contribution in [3.05, 3.63) is 11.9 Å². The van der Waals surface area contributed by atoms with E-state index in [1.807, 2.05) is 0 Å². The van der Waals surface area contributed by atoms with Gasteiger partial charge in [0.15, 0.2) is 0 Å². The largest absolute Gasteiger partial charge is 0.444 e. The number of alkyl halides is 1. The molecule has 0 aliphatic carbocycles. The van der Waals surface area contributed by atoms with E-state index in [9.17, 15) is 9.18 Å². The van der Waals surface area contributed by atoms with Gasteiger partial charge >= 0.3 is 6.09 Å². The lowest BCUT2D eigenvalue weighted by Crippen LogP contribution is -2.39. The number of nitrogens with zero attached hydrogens (tertiary/aromatic N) is 4. The molecule has 1 fully saturated rings. The molecule has 1 aliphatic rings. The van der Waals surface area contributed by atoms with Gasteiger partial charge in [0.05, 0.1) is 18.8 Å². The number of hydrogen-bond donors (Lipinski definition) is 1. The Hall–Kier alpha value is -1.70. The average molecular weight is 299 g/mol. The Bertz CT molecular complexity index is 513. The molecular formula is C13H22FN5O2. The maximum atomic E-state index is 14.8. The summed E-state index contributed by atoms with van der Waals surface area (Å²) in [5, 5.41) is 7.66. The van der Waals surface area contributed by atoms with Crippen molar-refractivity contribution in [2.45, 2.75) is 51.6 Å². The smallest absolute Gasteiger partial charge is 0.410 e. The predicted octanol–water partition coefficient (Wildman–Crippen LogP) is 1.09. The molecule has 118 valence electrons. The lowest BCUT2D eigenvalue weighted by molar-refractivity contribution is 0.0248. The minimum absolute atomic E-state index is 0.000266. The second-order valence-corrected chi connectivity index (χ2v) is 6.41. The average Bonchev–Trinajstić information content (AvgIpc) is 2.94. The minimum atomic E-state index is -1.52. The van der Waals surface area contributed by atoms with Gasteiger partial charge in [0, 0.05) is 25.7 Å². The van der Waals surface area contributed by atoms with Gasteiger partial charge in [0.2, 0.25) is 0 Å². The topological polar surface area (TPSA) is 86.3 Å². The summed E-state index contributed by atoms with van der Waals surface area (Å²) in [5.41, 5.74) is 3.96. The monoisotopic (exact) mass is 299 g/mol. The summed E-state index contributed by atoms with van der Waals surface area (Å²) in [7, 11) is 0. The van der Waals surface area contributed by atoms with Crippen molar-refractivity contribution in [3.8, 4) is 0 Å². The van der Waals surface area contributed by atoms with Crippen LogP contribution in [0.2, 0.25) is 0 Å². The number of nitrogens with two attached hydrogens (primary N) is 1. The molecule has 21 heavy (non-hydrogen) atoms. The number of halogens is 1. The fraction of sp³-hybridized carbons (Fsp3) is 0.769. The summed E-state index contributed by atoms with van der Waals surface area (Å²) >= 11 is 0. The number of likely N-dealkylation sites (tertiary alicyclic amines) is 1. The van der Waals surface area contributed by atoms with Crippen LogP contribution in [0.3, 0.4) is 0 Å². The molecule has 0 radical (unpaired) electrons. The molecule has 0 spiro atoms. The molecule has 2 N–H and O–H groups in total. The van der Waals surface area contributed by atoms with E-state index in [0.29, 0.717) is 12.2 Å². The van der Waals surface area contributed by atoms with Crippen LogP contribution in [0.5, 0.6) is 0 Å². The van der Waals surface area contributed by atoms with Gasteiger partial charge in [-0.25, -0.2) is 13.9 Å². The Kier molecular flexibility index (Phi) is 4.18. The molecule has 0 bridgehead atoms. The Labute approximate surface area is 123 Å². The molecule has 2 heterocycles. The normalized spacial score (nSPS) is 22.6. The first-order valence-electron chi connectivity index (χ1n) is 6.97. The van der Waals surface area contributed by atoms with Crippen molar-refractivity contribution in [2.24, 2.45) is 5.73 Å². The van der Waals surface area contributed by atoms with E-state index >= 15 is 0 Å². The van der Waals surface area contributed by atoms with Gasteiger partial charge in [-0.15, -0.1) is 5.10 Å². The van der Waals surface area contributed by atoms with E-state index in [0.717, 1.165) is 0 Å². The first-order valence-corrected chi connectivity index (χ1v) is 6.97. The lowest BCUT2D eigenvalue weighted by Gasteiger charge is -2.25. The standard InChI is InChI=1S/C13H22FN5O2/c1-12(2,3)21-11(20)18-5-4-13(14,8-18)9-19-7-10(6-15)16-17-19/h7H,4-6,8-9,15H2,1-3H3. The van der Waals surface area contributed by atoms with Gasteiger partial charge in [0.1, 0.15) is 11.3 Å². The van der Waals surface area contributed by atoms with Crippen molar-refractivity contribution < 1.29 is 13.9 Å². The maximum Gasteiger partial charge on any atom is 0.410 e. The molecule has 0 saturated carbocycles. The second kappa shape index (κ2) is 5.59. The van der Waals surface area contributed by atoms with Crippen LogP contribution in [-0.2, 0) is 17.8 Å². The highest BCUT2D eigenvalue weighted by Gasteiger charge is 2.42. The molecule has 7 nitrogen and oxygen atoms in total. The van der Waals surface area contributed by atoms with E-state index in [1.165, 1.54) is 9.58 Å². The summed E-state index contributed by atoms with van der Waals surface area (Å²) in [4.78, 5) is 13.3. The first-order chi connectivity index (χ1) is 9.71. The molecule has 1 atom stereocenters. The zero-order valence-electron chi connectivity index (χ0n) is 12.7. The lowest BCUT2D eigenvalue weighted by atomic mass is 10.1. The molecule has 8 heteroatoms. The van der Waals surface area contributed by atoms with Gasteiger partial charge in [-0.1, -0.05) is 5.21 Å². The van der Waals surface area contributed by atoms with Crippen LogP contribution in [0.4, 0.5) is 9.18 Å².